The van der Waals surface area contributed by atoms with E-state index in [0.29, 0.717) is 5.56 Å². The molecular weight excluding hydrogens is 238 g/mol. The Labute approximate surface area is 113 Å². The van der Waals surface area contributed by atoms with Crippen molar-refractivity contribution in [2.75, 3.05) is 5.32 Å². The molecular formula is C15H19N3O. The van der Waals surface area contributed by atoms with E-state index >= 15 is 0 Å². The summed E-state index contributed by atoms with van der Waals surface area (Å²) in [5, 5.41) is 7.10. The number of aryl methyl sites for hydroxylation is 2. The molecule has 0 radical (unpaired) electrons. The summed E-state index contributed by atoms with van der Waals surface area (Å²) < 4.78 is 1.79. The minimum atomic E-state index is -0.103. The summed E-state index contributed by atoms with van der Waals surface area (Å²) in [4.78, 5) is 12.2. The maximum atomic E-state index is 12.2. The minimum Gasteiger partial charge on any atom is -0.307 e. The van der Waals surface area contributed by atoms with Crippen LogP contribution in [0.4, 0.5) is 5.82 Å². The van der Waals surface area contributed by atoms with Crippen molar-refractivity contribution in [2.24, 2.45) is 0 Å². The number of carbonyl (C=O) groups excluding carboxylic acids is 1. The van der Waals surface area contributed by atoms with E-state index in [1.807, 2.05) is 39.8 Å². The fraction of sp³-hybridized carbons (Fsp3) is 0.333. The van der Waals surface area contributed by atoms with Crippen LogP contribution in [0.5, 0.6) is 0 Å². The van der Waals surface area contributed by atoms with Crippen molar-refractivity contribution < 1.29 is 4.79 Å². The third-order valence-corrected chi connectivity index (χ3v) is 2.88. The number of nitrogens with zero attached hydrogens (tertiary/aromatic N) is 2. The van der Waals surface area contributed by atoms with Gasteiger partial charge in [0.15, 0.2) is 0 Å². The lowest BCUT2D eigenvalue weighted by Gasteiger charge is -2.12. The summed E-state index contributed by atoms with van der Waals surface area (Å²) in [7, 11) is 0. The number of anilines is 1. The molecule has 2 aromatic rings. The summed E-state index contributed by atoms with van der Waals surface area (Å²) in [5.41, 5.74) is 2.85. The summed E-state index contributed by atoms with van der Waals surface area (Å²) >= 11 is 0. The lowest BCUT2D eigenvalue weighted by Crippen LogP contribution is -2.17. The molecule has 4 nitrogen and oxygen atoms in total. The van der Waals surface area contributed by atoms with E-state index in [-0.39, 0.29) is 11.9 Å². The van der Waals surface area contributed by atoms with Gasteiger partial charge in [-0.25, -0.2) is 4.68 Å². The zero-order valence-corrected chi connectivity index (χ0v) is 11.8. The Morgan fingerprint density at radius 3 is 2.42 bits per heavy atom. The van der Waals surface area contributed by atoms with Gasteiger partial charge < -0.3 is 5.32 Å². The van der Waals surface area contributed by atoms with Crippen molar-refractivity contribution >= 4 is 11.7 Å². The van der Waals surface area contributed by atoms with Crippen LogP contribution in [0.3, 0.4) is 0 Å². The molecule has 19 heavy (non-hydrogen) atoms. The van der Waals surface area contributed by atoms with Gasteiger partial charge in [0.2, 0.25) is 0 Å². The maximum absolute atomic E-state index is 12.2. The maximum Gasteiger partial charge on any atom is 0.256 e. The first-order chi connectivity index (χ1) is 8.97. The van der Waals surface area contributed by atoms with Crippen molar-refractivity contribution in [1.29, 1.82) is 0 Å². The Morgan fingerprint density at radius 1 is 1.21 bits per heavy atom. The summed E-state index contributed by atoms with van der Waals surface area (Å²) in [6, 6.07) is 7.84. The Kier molecular flexibility index (Phi) is 3.69. The van der Waals surface area contributed by atoms with Crippen LogP contribution in [0.15, 0.2) is 30.5 Å². The first-order valence-electron chi connectivity index (χ1n) is 6.40. The van der Waals surface area contributed by atoms with E-state index in [1.54, 1.807) is 16.9 Å². The van der Waals surface area contributed by atoms with Gasteiger partial charge in [-0.05, 0) is 39.8 Å². The first-order valence-corrected chi connectivity index (χ1v) is 6.40. The quantitative estimate of drug-likeness (QED) is 0.916. The number of hydrogen-bond donors (Lipinski definition) is 1. The van der Waals surface area contributed by atoms with Gasteiger partial charge in [-0.3, -0.25) is 4.79 Å². The summed E-state index contributed by atoms with van der Waals surface area (Å²) in [5.74, 6) is 0.619. The number of hydrogen-bond acceptors (Lipinski definition) is 2. The smallest absolute Gasteiger partial charge is 0.256 e. The average Bonchev–Trinajstić information content (AvgIpc) is 2.75. The van der Waals surface area contributed by atoms with Crippen LogP contribution in [-0.2, 0) is 0 Å². The second-order valence-electron chi connectivity index (χ2n) is 5.09. The molecule has 1 amide bonds. The van der Waals surface area contributed by atoms with Gasteiger partial charge >= 0.3 is 0 Å². The molecule has 0 saturated carbocycles. The van der Waals surface area contributed by atoms with E-state index in [4.69, 9.17) is 0 Å². The molecule has 0 saturated heterocycles. The second kappa shape index (κ2) is 5.26. The molecule has 100 valence electrons. The highest BCUT2D eigenvalue weighted by molar-refractivity contribution is 6.04. The molecule has 0 atom stereocenters. The molecule has 0 aliphatic carbocycles. The largest absolute Gasteiger partial charge is 0.307 e. The van der Waals surface area contributed by atoms with Crippen molar-refractivity contribution in [1.82, 2.24) is 9.78 Å². The highest BCUT2D eigenvalue weighted by Gasteiger charge is 2.11. The molecule has 0 aliphatic heterocycles. The van der Waals surface area contributed by atoms with Crippen LogP contribution in [0.1, 0.15) is 41.4 Å². The predicted molar refractivity (Wildman–Crippen MR) is 76.5 cm³/mol. The Morgan fingerprint density at radius 2 is 1.84 bits per heavy atom. The average molecular weight is 257 g/mol. The van der Waals surface area contributed by atoms with Crippen molar-refractivity contribution in [3.05, 3.63) is 47.2 Å². The molecule has 0 fully saturated rings. The van der Waals surface area contributed by atoms with Crippen molar-refractivity contribution in [2.45, 2.75) is 33.7 Å². The molecule has 1 heterocycles. The molecule has 0 unspecified atom stereocenters. The van der Waals surface area contributed by atoms with Crippen LogP contribution in [-0.4, -0.2) is 15.7 Å². The van der Waals surface area contributed by atoms with Gasteiger partial charge in [-0.2, -0.15) is 5.10 Å². The zero-order valence-electron chi connectivity index (χ0n) is 11.8. The van der Waals surface area contributed by atoms with E-state index in [9.17, 15) is 4.79 Å². The van der Waals surface area contributed by atoms with Crippen LogP contribution in [0.2, 0.25) is 0 Å². The van der Waals surface area contributed by atoms with Gasteiger partial charge in [0.25, 0.3) is 5.91 Å². The topological polar surface area (TPSA) is 46.9 Å². The molecule has 0 bridgehead atoms. The van der Waals surface area contributed by atoms with Crippen molar-refractivity contribution in [3.63, 3.8) is 0 Å². The van der Waals surface area contributed by atoms with Gasteiger partial charge in [0, 0.05) is 17.7 Å². The van der Waals surface area contributed by atoms with Gasteiger partial charge in [-0.15, -0.1) is 0 Å². The van der Waals surface area contributed by atoms with Gasteiger partial charge in [0.1, 0.15) is 5.82 Å². The number of benzene rings is 1. The highest BCUT2D eigenvalue weighted by Crippen LogP contribution is 2.15. The number of nitrogens with one attached hydrogen (secondary N) is 1. The van der Waals surface area contributed by atoms with E-state index in [0.717, 1.165) is 16.9 Å². The van der Waals surface area contributed by atoms with Gasteiger partial charge in [0.05, 0.1) is 6.20 Å². The van der Waals surface area contributed by atoms with Crippen LogP contribution in [0.25, 0.3) is 0 Å². The third-order valence-electron chi connectivity index (χ3n) is 2.88. The van der Waals surface area contributed by atoms with Crippen LogP contribution >= 0.6 is 0 Å². The first kappa shape index (κ1) is 13.3. The second-order valence-corrected chi connectivity index (χ2v) is 5.09. The number of carbonyl (C=O) groups is 1. The van der Waals surface area contributed by atoms with Gasteiger partial charge in [-0.1, -0.05) is 17.2 Å². The van der Waals surface area contributed by atoms with E-state index in [2.05, 4.69) is 16.5 Å². The summed E-state index contributed by atoms with van der Waals surface area (Å²) in [6.07, 6.45) is 1.69. The molecule has 4 heteroatoms. The van der Waals surface area contributed by atoms with E-state index < -0.39 is 0 Å². The standard InChI is InChI=1S/C15H19N3O/c1-10(2)18-14(5-6-16-18)17-15(19)13-8-11(3)7-12(4)9-13/h5-10H,1-4H3,(H,17,19). The zero-order chi connectivity index (χ0) is 14.0. The molecule has 0 aliphatic rings. The fourth-order valence-corrected chi connectivity index (χ4v) is 2.12. The molecule has 1 N–H and O–H groups in total. The number of aromatic nitrogens is 2. The summed E-state index contributed by atoms with van der Waals surface area (Å²) in [6.45, 7) is 8.03. The Hall–Kier alpha value is -2.10. The molecule has 2 rings (SSSR count). The highest BCUT2D eigenvalue weighted by atomic mass is 16.1. The SMILES string of the molecule is Cc1cc(C)cc(C(=O)Nc2ccnn2C(C)C)c1. The van der Waals surface area contributed by atoms with Crippen LogP contribution < -0.4 is 5.32 Å². The number of amides is 1. The Balaban J connectivity index is 2.23. The Bertz CT molecular complexity index is 579. The third kappa shape index (κ3) is 3.02. The molecule has 1 aromatic heterocycles. The monoisotopic (exact) mass is 257 g/mol. The predicted octanol–water partition coefficient (Wildman–Crippen LogP) is 3.33. The fourth-order valence-electron chi connectivity index (χ4n) is 2.12. The lowest BCUT2D eigenvalue weighted by molar-refractivity contribution is 0.102. The number of rotatable bonds is 3. The minimum absolute atomic E-state index is 0.103. The molecule has 0 spiro atoms. The normalized spacial score (nSPS) is 10.8. The molecule has 1 aromatic carbocycles. The van der Waals surface area contributed by atoms with Crippen molar-refractivity contribution in [3.8, 4) is 0 Å². The van der Waals surface area contributed by atoms with E-state index in [1.165, 1.54) is 0 Å². The lowest BCUT2D eigenvalue weighted by atomic mass is 10.1. The van der Waals surface area contributed by atoms with Crippen LogP contribution in [0, 0.1) is 13.8 Å².